The summed E-state index contributed by atoms with van der Waals surface area (Å²) in [6, 6.07) is 8.59. The third-order valence-corrected chi connectivity index (χ3v) is 8.51. The van der Waals surface area contributed by atoms with Crippen LogP contribution in [0.15, 0.2) is 35.8 Å². The van der Waals surface area contributed by atoms with Gasteiger partial charge in [-0.25, -0.2) is 4.68 Å². The van der Waals surface area contributed by atoms with Gasteiger partial charge in [-0.15, -0.1) is 16.4 Å². The molecule has 0 bridgehead atoms. The zero-order valence-electron chi connectivity index (χ0n) is 24.2. The number of rotatable bonds is 8. The average Bonchev–Trinajstić information content (AvgIpc) is 3.66. The number of hydrogen-bond donors (Lipinski definition) is 0. The molecule has 0 aliphatic carbocycles. The molecule has 39 heavy (non-hydrogen) atoms. The average molecular weight is 546 g/mol. The molecule has 5 rings (SSSR count). The Hall–Kier alpha value is -3.39. The maximum absolute atomic E-state index is 14.4. The van der Waals surface area contributed by atoms with E-state index in [1.54, 1.807) is 18.4 Å². The normalized spacial score (nSPS) is 12.8. The Morgan fingerprint density at radius 3 is 2.59 bits per heavy atom. The van der Waals surface area contributed by atoms with E-state index >= 15 is 0 Å². The predicted molar refractivity (Wildman–Crippen MR) is 158 cm³/mol. The van der Waals surface area contributed by atoms with Gasteiger partial charge in [-0.1, -0.05) is 31.5 Å². The lowest BCUT2D eigenvalue weighted by Gasteiger charge is -2.35. The Labute approximate surface area is 235 Å². The Bertz CT molecular complexity index is 1490. The fourth-order valence-electron chi connectivity index (χ4n) is 5.84. The molecule has 206 valence electrons. The van der Waals surface area contributed by atoms with Crippen molar-refractivity contribution in [2.24, 2.45) is 0 Å². The molecule has 0 saturated heterocycles. The van der Waals surface area contributed by atoms with E-state index in [0.29, 0.717) is 6.54 Å². The molecule has 3 aromatic heterocycles. The van der Waals surface area contributed by atoms with Gasteiger partial charge in [0.15, 0.2) is 0 Å². The van der Waals surface area contributed by atoms with Crippen LogP contribution in [0.5, 0.6) is 5.75 Å². The Morgan fingerprint density at radius 1 is 1.21 bits per heavy atom. The Balaban J connectivity index is 1.82. The summed E-state index contributed by atoms with van der Waals surface area (Å²) in [6.45, 7) is 14.1. The zero-order valence-corrected chi connectivity index (χ0v) is 25.0. The number of methoxy groups -OCH3 is 1. The van der Waals surface area contributed by atoms with E-state index in [1.165, 1.54) is 16.0 Å². The summed E-state index contributed by atoms with van der Waals surface area (Å²) in [6.07, 6.45) is 5.40. The minimum Gasteiger partial charge on any atom is -0.494 e. The van der Waals surface area contributed by atoms with Crippen LogP contribution < -0.4 is 4.74 Å². The van der Waals surface area contributed by atoms with Gasteiger partial charge in [-0.05, 0) is 81.7 Å². The number of carbonyl (C=O) groups excluding carboxylic acids is 1. The molecule has 0 spiro atoms. The van der Waals surface area contributed by atoms with Gasteiger partial charge in [-0.2, -0.15) is 0 Å². The van der Waals surface area contributed by atoms with E-state index in [2.05, 4.69) is 86.1 Å². The van der Waals surface area contributed by atoms with Crippen molar-refractivity contribution in [2.45, 2.75) is 79.3 Å². The lowest BCUT2D eigenvalue weighted by Crippen LogP contribution is -2.46. The number of aryl methyl sites for hydroxylation is 2. The SMILES string of the molecule is CCCc1c(-c2cccs2)c2n(c1C(=O)N(CC)C(C)(C)C)CCc1cc(OC)c(-n3cc(CC)nn3)cc1-2. The van der Waals surface area contributed by atoms with E-state index < -0.39 is 0 Å². The zero-order chi connectivity index (χ0) is 27.9. The Morgan fingerprint density at radius 2 is 2.00 bits per heavy atom. The van der Waals surface area contributed by atoms with Gasteiger partial charge in [0, 0.05) is 34.6 Å². The monoisotopic (exact) mass is 545 g/mol. The summed E-state index contributed by atoms with van der Waals surface area (Å²) in [7, 11) is 1.70. The first-order valence-electron chi connectivity index (χ1n) is 14.0. The van der Waals surface area contributed by atoms with Crippen LogP contribution in [-0.4, -0.2) is 49.6 Å². The summed E-state index contributed by atoms with van der Waals surface area (Å²) in [5, 5.41) is 10.8. The number of fused-ring (bicyclic) bond motifs is 3. The van der Waals surface area contributed by atoms with Crippen LogP contribution in [0.3, 0.4) is 0 Å². The van der Waals surface area contributed by atoms with Gasteiger partial charge >= 0.3 is 0 Å². The highest BCUT2D eigenvalue weighted by Crippen LogP contribution is 2.47. The van der Waals surface area contributed by atoms with Gasteiger partial charge in [0.1, 0.15) is 17.1 Å². The van der Waals surface area contributed by atoms with Crippen LogP contribution in [0.2, 0.25) is 0 Å². The standard InChI is InChI=1S/C31H39N5O2S/c1-8-12-22-27(26-13-11-16-39-26)28-23-18-24(36-19-21(9-2)32-33-36)25(38-7)17-20(23)14-15-34(28)29(22)30(37)35(10-3)31(4,5)6/h11,13,16-19H,8-10,12,14-15H2,1-7H3. The fraction of sp³-hybridized carbons (Fsp3) is 0.452. The Kier molecular flexibility index (Phi) is 7.42. The minimum atomic E-state index is -0.277. The number of hydrogen-bond acceptors (Lipinski definition) is 5. The van der Waals surface area contributed by atoms with Gasteiger partial charge in [0.05, 0.1) is 24.7 Å². The number of ether oxygens (including phenoxy) is 1. The molecule has 4 aromatic rings. The topological polar surface area (TPSA) is 65.2 Å². The number of aromatic nitrogens is 4. The summed E-state index contributed by atoms with van der Waals surface area (Å²) in [5.74, 6) is 0.882. The summed E-state index contributed by atoms with van der Waals surface area (Å²) < 4.78 is 9.94. The molecule has 0 radical (unpaired) electrons. The molecule has 0 atom stereocenters. The van der Waals surface area contributed by atoms with Gasteiger partial charge < -0.3 is 14.2 Å². The number of carbonyl (C=O) groups is 1. The summed E-state index contributed by atoms with van der Waals surface area (Å²) in [4.78, 5) is 17.6. The van der Waals surface area contributed by atoms with Crippen LogP contribution in [0.4, 0.5) is 0 Å². The first kappa shape index (κ1) is 27.2. The molecule has 1 aromatic carbocycles. The second-order valence-corrected chi connectivity index (χ2v) is 12.0. The van der Waals surface area contributed by atoms with Gasteiger partial charge in [0.25, 0.3) is 5.91 Å². The quantitative estimate of drug-likeness (QED) is 0.244. The molecular weight excluding hydrogens is 506 g/mol. The first-order valence-corrected chi connectivity index (χ1v) is 14.8. The highest BCUT2D eigenvalue weighted by molar-refractivity contribution is 7.13. The number of benzene rings is 1. The molecule has 4 heterocycles. The molecule has 1 aliphatic heterocycles. The maximum Gasteiger partial charge on any atom is 0.271 e. The van der Waals surface area contributed by atoms with E-state index in [4.69, 9.17) is 4.74 Å². The van der Waals surface area contributed by atoms with Crippen molar-refractivity contribution < 1.29 is 9.53 Å². The van der Waals surface area contributed by atoms with E-state index in [1.807, 2.05) is 15.8 Å². The molecule has 0 unspecified atom stereocenters. The molecule has 7 nitrogen and oxygen atoms in total. The van der Waals surface area contributed by atoms with Crippen molar-refractivity contribution in [3.05, 3.63) is 58.4 Å². The minimum absolute atomic E-state index is 0.110. The van der Waals surface area contributed by atoms with E-state index in [9.17, 15) is 4.79 Å². The molecule has 0 fully saturated rings. The van der Waals surface area contributed by atoms with E-state index in [-0.39, 0.29) is 11.4 Å². The van der Waals surface area contributed by atoms with Crippen LogP contribution >= 0.6 is 11.3 Å². The lowest BCUT2D eigenvalue weighted by atomic mass is 9.93. The smallest absolute Gasteiger partial charge is 0.271 e. The molecule has 0 saturated carbocycles. The van der Waals surface area contributed by atoms with Crippen LogP contribution in [-0.2, 0) is 25.8 Å². The highest BCUT2D eigenvalue weighted by atomic mass is 32.1. The molecule has 0 N–H and O–H groups in total. The van der Waals surface area contributed by atoms with Crippen LogP contribution in [0, 0.1) is 0 Å². The van der Waals surface area contributed by atoms with Crippen molar-refractivity contribution in [1.82, 2.24) is 24.5 Å². The lowest BCUT2D eigenvalue weighted by molar-refractivity contribution is 0.0586. The number of amides is 1. The fourth-order valence-corrected chi connectivity index (χ4v) is 6.64. The molecular formula is C31H39N5O2S. The van der Waals surface area contributed by atoms with E-state index in [0.717, 1.165) is 71.9 Å². The van der Waals surface area contributed by atoms with Gasteiger partial charge in [0.2, 0.25) is 0 Å². The molecule has 1 aliphatic rings. The van der Waals surface area contributed by atoms with Crippen molar-refractivity contribution in [3.8, 4) is 33.1 Å². The van der Waals surface area contributed by atoms with Crippen molar-refractivity contribution in [3.63, 3.8) is 0 Å². The molecule has 1 amide bonds. The highest BCUT2D eigenvalue weighted by Gasteiger charge is 2.36. The number of thiophene rings is 1. The largest absolute Gasteiger partial charge is 0.494 e. The molecule has 8 heteroatoms. The summed E-state index contributed by atoms with van der Waals surface area (Å²) >= 11 is 1.73. The van der Waals surface area contributed by atoms with Crippen molar-refractivity contribution >= 4 is 17.2 Å². The van der Waals surface area contributed by atoms with Crippen LogP contribution in [0.1, 0.15) is 75.3 Å². The van der Waals surface area contributed by atoms with Crippen molar-refractivity contribution in [1.29, 1.82) is 0 Å². The number of nitrogens with zero attached hydrogens (tertiary/aromatic N) is 5. The third kappa shape index (κ3) is 4.69. The van der Waals surface area contributed by atoms with Crippen molar-refractivity contribution in [2.75, 3.05) is 13.7 Å². The summed E-state index contributed by atoms with van der Waals surface area (Å²) in [5.41, 5.74) is 8.15. The third-order valence-electron chi connectivity index (χ3n) is 7.62. The first-order chi connectivity index (χ1) is 18.7. The van der Waals surface area contributed by atoms with Gasteiger partial charge in [-0.3, -0.25) is 4.79 Å². The van der Waals surface area contributed by atoms with Crippen LogP contribution in [0.25, 0.3) is 27.4 Å². The second kappa shape index (κ2) is 10.6. The predicted octanol–water partition coefficient (Wildman–Crippen LogP) is 6.80. The second-order valence-electron chi connectivity index (χ2n) is 11.1. The maximum atomic E-state index is 14.4.